The summed E-state index contributed by atoms with van der Waals surface area (Å²) in [6.45, 7) is 5.00. The standard InChI is InChI=1S/C14H26N4O/c1-17-11-13(9-16-17)12-18-7-4-3-5-14(18)10-15-6-8-19-2/h9,11,14-15H,3-8,10,12H2,1-2H3. The second-order valence-electron chi connectivity index (χ2n) is 5.34. The summed E-state index contributed by atoms with van der Waals surface area (Å²) in [5.74, 6) is 0. The molecule has 1 aromatic rings. The van der Waals surface area contributed by atoms with E-state index in [2.05, 4.69) is 21.5 Å². The van der Waals surface area contributed by atoms with Crippen LogP contribution in [0.1, 0.15) is 24.8 Å². The SMILES string of the molecule is COCCNCC1CCCCN1Cc1cnn(C)c1. The minimum absolute atomic E-state index is 0.644. The van der Waals surface area contributed by atoms with Crippen molar-refractivity contribution in [2.24, 2.45) is 7.05 Å². The van der Waals surface area contributed by atoms with Crippen LogP contribution in [0.25, 0.3) is 0 Å². The minimum Gasteiger partial charge on any atom is -0.383 e. The molecule has 0 aliphatic carbocycles. The molecule has 2 rings (SSSR count). The van der Waals surface area contributed by atoms with Crippen molar-refractivity contribution in [3.63, 3.8) is 0 Å². The second kappa shape index (κ2) is 7.62. The molecule has 108 valence electrons. The molecular weight excluding hydrogens is 240 g/mol. The summed E-state index contributed by atoms with van der Waals surface area (Å²) in [7, 11) is 3.72. The minimum atomic E-state index is 0.644. The number of aryl methyl sites for hydroxylation is 1. The summed E-state index contributed by atoms with van der Waals surface area (Å²) < 4.78 is 6.95. The zero-order chi connectivity index (χ0) is 13.5. The smallest absolute Gasteiger partial charge is 0.0587 e. The predicted octanol–water partition coefficient (Wildman–Crippen LogP) is 1.01. The molecule has 0 radical (unpaired) electrons. The molecule has 5 nitrogen and oxygen atoms in total. The van der Waals surface area contributed by atoms with Gasteiger partial charge in [0.2, 0.25) is 0 Å². The number of piperidine rings is 1. The Morgan fingerprint density at radius 3 is 3.11 bits per heavy atom. The van der Waals surface area contributed by atoms with Crippen LogP contribution in [0.15, 0.2) is 12.4 Å². The molecule has 19 heavy (non-hydrogen) atoms. The zero-order valence-corrected chi connectivity index (χ0v) is 12.1. The molecule has 0 saturated carbocycles. The Bertz CT molecular complexity index is 366. The largest absolute Gasteiger partial charge is 0.383 e. The molecule has 0 aromatic carbocycles. The molecule has 5 heteroatoms. The third kappa shape index (κ3) is 4.60. The Balaban J connectivity index is 1.81. The highest BCUT2D eigenvalue weighted by molar-refractivity contribution is 5.04. The monoisotopic (exact) mass is 266 g/mol. The molecule has 1 aromatic heterocycles. The Labute approximate surface area is 115 Å². The number of methoxy groups -OCH3 is 1. The van der Waals surface area contributed by atoms with Crippen molar-refractivity contribution in [2.75, 3.05) is 33.4 Å². The summed E-state index contributed by atoms with van der Waals surface area (Å²) in [6, 6.07) is 0.644. The van der Waals surface area contributed by atoms with Gasteiger partial charge in [-0.25, -0.2) is 0 Å². The van der Waals surface area contributed by atoms with Crippen molar-refractivity contribution in [2.45, 2.75) is 31.8 Å². The number of rotatable bonds is 7. The van der Waals surface area contributed by atoms with Crippen molar-refractivity contribution in [1.82, 2.24) is 20.0 Å². The molecule has 1 atom stereocenters. The summed E-state index contributed by atoms with van der Waals surface area (Å²) >= 11 is 0. The Morgan fingerprint density at radius 1 is 1.47 bits per heavy atom. The highest BCUT2D eigenvalue weighted by Crippen LogP contribution is 2.18. The maximum absolute atomic E-state index is 5.07. The fraction of sp³-hybridized carbons (Fsp3) is 0.786. The van der Waals surface area contributed by atoms with Gasteiger partial charge in [0.05, 0.1) is 12.8 Å². The summed E-state index contributed by atoms with van der Waals surface area (Å²) in [5.41, 5.74) is 1.31. The van der Waals surface area contributed by atoms with Crippen LogP contribution in [0.4, 0.5) is 0 Å². The molecule has 1 saturated heterocycles. The topological polar surface area (TPSA) is 42.3 Å². The van der Waals surface area contributed by atoms with Crippen LogP contribution in [0, 0.1) is 0 Å². The van der Waals surface area contributed by atoms with Gasteiger partial charge < -0.3 is 10.1 Å². The van der Waals surface area contributed by atoms with Gasteiger partial charge in [-0.05, 0) is 19.4 Å². The maximum Gasteiger partial charge on any atom is 0.0587 e. The van der Waals surface area contributed by atoms with Crippen molar-refractivity contribution >= 4 is 0 Å². The first kappa shape index (κ1) is 14.5. The first-order valence-corrected chi connectivity index (χ1v) is 7.21. The summed E-state index contributed by atoms with van der Waals surface area (Å²) in [4.78, 5) is 2.58. The average Bonchev–Trinajstić information content (AvgIpc) is 2.82. The lowest BCUT2D eigenvalue weighted by Gasteiger charge is -2.35. The molecule has 1 aliphatic rings. The number of hydrogen-bond donors (Lipinski definition) is 1. The predicted molar refractivity (Wildman–Crippen MR) is 76.0 cm³/mol. The van der Waals surface area contributed by atoms with Gasteiger partial charge in [0, 0.05) is 51.6 Å². The van der Waals surface area contributed by atoms with E-state index in [9.17, 15) is 0 Å². The lowest BCUT2D eigenvalue weighted by molar-refractivity contribution is 0.133. The summed E-state index contributed by atoms with van der Waals surface area (Å²) in [5, 5.41) is 7.74. The Kier molecular flexibility index (Phi) is 5.82. The van der Waals surface area contributed by atoms with E-state index in [1.165, 1.54) is 31.4 Å². The molecule has 1 N–H and O–H groups in total. The van der Waals surface area contributed by atoms with E-state index >= 15 is 0 Å². The van der Waals surface area contributed by atoms with E-state index in [0.717, 1.165) is 26.2 Å². The average molecular weight is 266 g/mol. The quantitative estimate of drug-likeness (QED) is 0.748. The Morgan fingerprint density at radius 2 is 2.37 bits per heavy atom. The number of hydrogen-bond acceptors (Lipinski definition) is 4. The fourth-order valence-electron chi connectivity index (χ4n) is 2.73. The molecule has 1 unspecified atom stereocenters. The van der Waals surface area contributed by atoms with E-state index in [0.29, 0.717) is 6.04 Å². The van der Waals surface area contributed by atoms with E-state index in [1.807, 2.05) is 17.9 Å². The van der Waals surface area contributed by atoms with Gasteiger partial charge in [0.25, 0.3) is 0 Å². The van der Waals surface area contributed by atoms with Crippen LogP contribution in [0.5, 0.6) is 0 Å². The van der Waals surface area contributed by atoms with Gasteiger partial charge in [0.1, 0.15) is 0 Å². The van der Waals surface area contributed by atoms with Gasteiger partial charge in [-0.15, -0.1) is 0 Å². The van der Waals surface area contributed by atoms with E-state index in [4.69, 9.17) is 4.74 Å². The third-order valence-electron chi connectivity index (χ3n) is 3.76. The molecule has 0 spiro atoms. The molecular formula is C14H26N4O. The fourth-order valence-corrected chi connectivity index (χ4v) is 2.73. The summed E-state index contributed by atoms with van der Waals surface area (Å²) in [6.07, 6.45) is 8.04. The third-order valence-corrected chi connectivity index (χ3v) is 3.76. The molecule has 0 amide bonds. The van der Waals surface area contributed by atoms with Crippen LogP contribution >= 0.6 is 0 Å². The molecule has 0 bridgehead atoms. The first-order chi connectivity index (χ1) is 9.29. The van der Waals surface area contributed by atoms with Gasteiger partial charge in [-0.1, -0.05) is 6.42 Å². The lowest BCUT2D eigenvalue weighted by Crippen LogP contribution is -2.45. The van der Waals surface area contributed by atoms with E-state index < -0.39 is 0 Å². The van der Waals surface area contributed by atoms with E-state index in [1.54, 1.807) is 7.11 Å². The maximum atomic E-state index is 5.07. The second-order valence-corrected chi connectivity index (χ2v) is 5.34. The normalized spacial score (nSPS) is 20.8. The van der Waals surface area contributed by atoms with Crippen molar-refractivity contribution in [1.29, 1.82) is 0 Å². The molecule has 1 aliphatic heterocycles. The number of nitrogens with one attached hydrogen (secondary N) is 1. The van der Waals surface area contributed by atoms with Gasteiger partial charge in [-0.3, -0.25) is 9.58 Å². The van der Waals surface area contributed by atoms with Crippen LogP contribution in [-0.2, 0) is 18.3 Å². The highest BCUT2D eigenvalue weighted by atomic mass is 16.5. The number of ether oxygens (including phenoxy) is 1. The zero-order valence-electron chi connectivity index (χ0n) is 12.1. The highest BCUT2D eigenvalue weighted by Gasteiger charge is 2.22. The molecule has 1 fully saturated rings. The molecule has 2 heterocycles. The van der Waals surface area contributed by atoms with Crippen LogP contribution in [-0.4, -0.2) is 54.1 Å². The van der Waals surface area contributed by atoms with Crippen LogP contribution in [0.2, 0.25) is 0 Å². The van der Waals surface area contributed by atoms with Crippen molar-refractivity contribution < 1.29 is 4.74 Å². The van der Waals surface area contributed by atoms with Gasteiger partial charge in [-0.2, -0.15) is 5.10 Å². The number of nitrogens with zero attached hydrogens (tertiary/aromatic N) is 3. The van der Waals surface area contributed by atoms with Gasteiger partial charge in [0.15, 0.2) is 0 Å². The van der Waals surface area contributed by atoms with E-state index in [-0.39, 0.29) is 0 Å². The Hall–Kier alpha value is -0.910. The first-order valence-electron chi connectivity index (χ1n) is 7.21. The van der Waals surface area contributed by atoms with Crippen molar-refractivity contribution in [3.05, 3.63) is 18.0 Å². The lowest BCUT2D eigenvalue weighted by atomic mass is 10.0. The van der Waals surface area contributed by atoms with Crippen molar-refractivity contribution in [3.8, 4) is 0 Å². The number of likely N-dealkylation sites (tertiary alicyclic amines) is 1. The van der Waals surface area contributed by atoms with Crippen LogP contribution in [0.3, 0.4) is 0 Å². The number of aromatic nitrogens is 2. The van der Waals surface area contributed by atoms with Crippen LogP contribution < -0.4 is 5.32 Å². The van der Waals surface area contributed by atoms with Gasteiger partial charge >= 0.3 is 0 Å².